The summed E-state index contributed by atoms with van der Waals surface area (Å²) in [6.07, 6.45) is -4.22. The maximum Gasteiger partial charge on any atom is 0.411 e. The molecule has 1 aliphatic rings. The van der Waals surface area contributed by atoms with Crippen molar-refractivity contribution in [3.63, 3.8) is 0 Å². The molecular formula is C11H10ClF3N2S. The topological polar surface area (TPSA) is 38.0 Å². The van der Waals surface area contributed by atoms with Crippen LogP contribution < -0.4 is 11.1 Å². The molecule has 7 heteroatoms. The van der Waals surface area contributed by atoms with E-state index in [0.717, 1.165) is 0 Å². The lowest BCUT2D eigenvalue weighted by molar-refractivity contribution is -0.151. The van der Waals surface area contributed by atoms with Crippen molar-refractivity contribution in [2.24, 2.45) is 5.73 Å². The number of benzene rings is 1. The van der Waals surface area contributed by atoms with E-state index in [1.54, 1.807) is 6.07 Å². The first-order chi connectivity index (χ1) is 8.27. The Morgan fingerprint density at radius 2 is 2.00 bits per heavy atom. The third kappa shape index (κ3) is 2.27. The van der Waals surface area contributed by atoms with E-state index >= 15 is 0 Å². The highest BCUT2D eigenvalue weighted by Gasteiger charge is 2.63. The maximum absolute atomic E-state index is 12.9. The second kappa shape index (κ2) is 4.28. The van der Waals surface area contributed by atoms with Gasteiger partial charge < -0.3 is 11.1 Å². The van der Waals surface area contributed by atoms with Crippen LogP contribution in [0.25, 0.3) is 0 Å². The third-order valence-electron chi connectivity index (χ3n) is 2.93. The van der Waals surface area contributed by atoms with E-state index in [2.05, 4.69) is 5.32 Å². The van der Waals surface area contributed by atoms with Gasteiger partial charge in [0.05, 0.1) is 10.6 Å². The maximum atomic E-state index is 12.9. The second-order valence-electron chi connectivity index (χ2n) is 4.23. The Labute approximate surface area is 112 Å². The SMILES string of the molecule is NC(=S)c1c(Cl)cccc1NC1(C(F)(F)F)CC1. The lowest BCUT2D eigenvalue weighted by Gasteiger charge is -2.23. The molecule has 98 valence electrons. The van der Waals surface area contributed by atoms with Crippen LogP contribution >= 0.6 is 23.8 Å². The minimum atomic E-state index is -4.30. The van der Waals surface area contributed by atoms with E-state index in [1.165, 1.54) is 12.1 Å². The van der Waals surface area contributed by atoms with Crippen LogP contribution in [-0.2, 0) is 0 Å². The second-order valence-corrected chi connectivity index (χ2v) is 5.08. The van der Waals surface area contributed by atoms with Crippen molar-refractivity contribution in [2.45, 2.75) is 24.6 Å². The monoisotopic (exact) mass is 294 g/mol. The van der Waals surface area contributed by atoms with Crippen molar-refractivity contribution in [1.82, 2.24) is 0 Å². The Balaban J connectivity index is 2.36. The van der Waals surface area contributed by atoms with Crippen molar-refractivity contribution in [3.8, 4) is 0 Å². The summed E-state index contributed by atoms with van der Waals surface area (Å²) < 4.78 is 38.6. The molecule has 18 heavy (non-hydrogen) atoms. The van der Waals surface area contributed by atoms with Crippen LogP contribution in [0, 0.1) is 0 Å². The summed E-state index contributed by atoms with van der Waals surface area (Å²) >= 11 is 10.7. The van der Waals surface area contributed by atoms with Gasteiger partial charge in [0.1, 0.15) is 10.5 Å². The van der Waals surface area contributed by atoms with Crippen LogP contribution in [0.15, 0.2) is 18.2 Å². The first-order valence-corrected chi connectivity index (χ1v) is 5.99. The highest BCUT2D eigenvalue weighted by molar-refractivity contribution is 7.80. The number of nitrogens with one attached hydrogen (secondary N) is 1. The molecule has 0 saturated heterocycles. The van der Waals surface area contributed by atoms with Gasteiger partial charge in [-0.3, -0.25) is 0 Å². The number of rotatable bonds is 3. The van der Waals surface area contributed by atoms with Crippen molar-refractivity contribution >= 4 is 34.5 Å². The average Bonchev–Trinajstić information content (AvgIpc) is 2.97. The standard InChI is InChI=1S/C11H10ClF3N2S/c12-6-2-1-3-7(8(6)9(16)18)17-10(4-5-10)11(13,14)15/h1-3,17H,4-5H2,(H2,16,18). The zero-order valence-electron chi connectivity index (χ0n) is 9.14. The first-order valence-electron chi connectivity index (χ1n) is 5.20. The highest BCUT2D eigenvalue weighted by Crippen LogP contribution is 2.51. The van der Waals surface area contributed by atoms with Crippen molar-refractivity contribution in [2.75, 3.05) is 5.32 Å². The fourth-order valence-electron chi connectivity index (χ4n) is 1.74. The van der Waals surface area contributed by atoms with E-state index < -0.39 is 11.7 Å². The molecule has 1 aromatic rings. The normalized spacial score (nSPS) is 17.3. The minimum Gasteiger partial charge on any atom is -0.389 e. The molecule has 0 amide bonds. The zero-order chi connectivity index (χ0) is 13.6. The fourth-order valence-corrected chi connectivity index (χ4v) is 2.29. The van der Waals surface area contributed by atoms with Crippen LogP contribution in [-0.4, -0.2) is 16.7 Å². The van der Waals surface area contributed by atoms with Gasteiger partial charge in [-0.05, 0) is 25.0 Å². The molecule has 1 aliphatic carbocycles. The smallest absolute Gasteiger partial charge is 0.389 e. The molecule has 0 spiro atoms. The number of halogens is 4. The van der Waals surface area contributed by atoms with Crippen LogP contribution in [0.1, 0.15) is 18.4 Å². The first kappa shape index (κ1) is 13.4. The van der Waals surface area contributed by atoms with E-state index in [4.69, 9.17) is 29.6 Å². The molecule has 0 atom stereocenters. The lowest BCUT2D eigenvalue weighted by atomic mass is 10.1. The molecule has 0 radical (unpaired) electrons. The van der Waals surface area contributed by atoms with Crippen LogP contribution in [0.3, 0.4) is 0 Å². The van der Waals surface area contributed by atoms with Gasteiger partial charge in [-0.15, -0.1) is 0 Å². The predicted octanol–water partition coefficient (Wildman–Crippen LogP) is 3.48. The molecule has 3 N–H and O–H groups in total. The van der Waals surface area contributed by atoms with Gasteiger partial charge in [-0.25, -0.2) is 0 Å². The Morgan fingerprint density at radius 1 is 1.39 bits per heavy atom. The Hall–Kier alpha value is -1.01. The molecular weight excluding hydrogens is 285 g/mol. The molecule has 0 aliphatic heterocycles. The Kier molecular flexibility index (Phi) is 3.19. The van der Waals surface area contributed by atoms with Crippen LogP contribution in [0.4, 0.5) is 18.9 Å². The highest BCUT2D eigenvalue weighted by atomic mass is 35.5. The minimum absolute atomic E-state index is 0.0268. The third-order valence-corrected chi connectivity index (χ3v) is 3.45. The molecule has 1 fully saturated rings. The van der Waals surface area contributed by atoms with Crippen LogP contribution in [0.5, 0.6) is 0 Å². The summed E-state index contributed by atoms with van der Waals surface area (Å²) in [5, 5.41) is 2.72. The Morgan fingerprint density at radius 3 is 2.44 bits per heavy atom. The number of nitrogens with two attached hydrogens (primary N) is 1. The van der Waals surface area contributed by atoms with Gasteiger partial charge >= 0.3 is 6.18 Å². The zero-order valence-corrected chi connectivity index (χ0v) is 10.7. The molecule has 0 bridgehead atoms. The molecule has 1 saturated carbocycles. The van der Waals surface area contributed by atoms with E-state index in [9.17, 15) is 13.2 Å². The quantitative estimate of drug-likeness (QED) is 0.838. The van der Waals surface area contributed by atoms with Gasteiger partial charge in [0.25, 0.3) is 0 Å². The molecule has 2 nitrogen and oxygen atoms in total. The average molecular weight is 295 g/mol. The fraction of sp³-hybridized carbons (Fsp3) is 0.364. The molecule has 2 rings (SSSR count). The van der Waals surface area contributed by atoms with Gasteiger partial charge in [-0.1, -0.05) is 29.9 Å². The summed E-state index contributed by atoms with van der Waals surface area (Å²) in [6, 6.07) is 4.58. The lowest BCUT2D eigenvalue weighted by Crippen LogP contribution is -2.39. The number of anilines is 1. The van der Waals surface area contributed by atoms with E-state index in [1.807, 2.05) is 0 Å². The number of hydrogen-bond acceptors (Lipinski definition) is 2. The number of thiocarbonyl (C=S) groups is 1. The van der Waals surface area contributed by atoms with E-state index in [-0.39, 0.29) is 34.1 Å². The summed E-state index contributed by atoms with van der Waals surface area (Å²) in [5.74, 6) is 0. The van der Waals surface area contributed by atoms with Crippen molar-refractivity contribution in [3.05, 3.63) is 28.8 Å². The molecule has 0 unspecified atom stereocenters. The van der Waals surface area contributed by atoms with E-state index in [0.29, 0.717) is 0 Å². The summed E-state index contributed by atoms with van der Waals surface area (Å²) in [7, 11) is 0. The predicted molar refractivity (Wildman–Crippen MR) is 69.0 cm³/mol. The van der Waals surface area contributed by atoms with Crippen LogP contribution in [0.2, 0.25) is 5.02 Å². The summed E-state index contributed by atoms with van der Waals surface area (Å²) in [5.41, 5.74) is 4.11. The largest absolute Gasteiger partial charge is 0.411 e. The summed E-state index contributed by atoms with van der Waals surface area (Å²) in [6.45, 7) is 0. The number of alkyl halides is 3. The van der Waals surface area contributed by atoms with Crippen molar-refractivity contribution in [1.29, 1.82) is 0 Å². The van der Waals surface area contributed by atoms with Gasteiger partial charge in [0, 0.05) is 5.69 Å². The summed E-state index contributed by atoms with van der Waals surface area (Å²) in [4.78, 5) is -0.0268. The Bertz CT molecular complexity index is 498. The molecule has 0 heterocycles. The van der Waals surface area contributed by atoms with Gasteiger partial charge in [0.2, 0.25) is 0 Å². The molecule has 0 aromatic heterocycles. The van der Waals surface area contributed by atoms with Gasteiger partial charge in [-0.2, -0.15) is 13.2 Å². The van der Waals surface area contributed by atoms with Gasteiger partial charge in [0.15, 0.2) is 0 Å². The van der Waals surface area contributed by atoms with Crippen molar-refractivity contribution < 1.29 is 13.2 Å². The molecule has 1 aromatic carbocycles. The number of hydrogen-bond donors (Lipinski definition) is 2.